The molecule has 1 aromatic carbocycles. The van der Waals surface area contributed by atoms with Crippen molar-refractivity contribution in [2.75, 3.05) is 0 Å². The van der Waals surface area contributed by atoms with Crippen LogP contribution in [0.25, 0.3) is 0 Å². The molecule has 22 heavy (non-hydrogen) atoms. The summed E-state index contributed by atoms with van der Waals surface area (Å²) in [4.78, 5) is 23.8. The van der Waals surface area contributed by atoms with Crippen LogP contribution in [0.15, 0.2) is 41.2 Å². The fourth-order valence-electron chi connectivity index (χ4n) is 2.60. The van der Waals surface area contributed by atoms with E-state index in [4.69, 9.17) is 4.74 Å². The number of nitrogens with zero attached hydrogens (tertiary/aromatic N) is 1. The number of hydrogen-bond donors (Lipinski definition) is 1. The number of pyridine rings is 1. The zero-order valence-electron chi connectivity index (χ0n) is 12.3. The van der Waals surface area contributed by atoms with E-state index >= 15 is 0 Å². The molecule has 1 N–H and O–H groups in total. The Kier molecular flexibility index (Phi) is 3.71. The minimum absolute atomic E-state index is 0.0385. The van der Waals surface area contributed by atoms with Crippen molar-refractivity contribution in [2.45, 2.75) is 32.4 Å². The van der Waals surface area contributed by atoms with Crippen molar-refractivity contribution < 1.29 is 14.6 Å². The van der Waals surface area contributed by atoms with Gasteiger partial charge >= 0.3 is 5.97 Å². The molecule has 1 aliphatic carbocycles. The van der Waals surface area contributed by atoms with Gasteiger partial charge in [-0.15, -0.1) is 0 Å². The molecule has 0 amide bonds. The first-order valence-corrected chi connectivity index (χ1v) is 7.24. The summed E-state index contributed by atoms with van der Waals surface area (Å²) in [7, 11) is 0. The summed E-state index contributed by atoms with van der Waals surface area (Å²) in [6.07, 6.45) is 1.87. The van der Waals surface area contributed by atoms with Crippen molar-refractivity contribution in [3.8, 4) is 5.75 Å². The zero-order chi connectivity index (χ0) is 15.7. The molecule has 1 heterocycles. The van der Waals surface area contributed by atoms with Crippen LogP contribution in [-0.2, 0) is 6.61 Å². The number of carboxylic acids is 1. The number of aromatic nitrogens is 1. The number of hydrogen-bond acceptors (Lipinski definition) is 3. The molecular formula is C17H17NO4. The van der Waals surface area contributed by atoms with E-state index in [1.54, 1.807) is 11.5 Å². The van der Waals surface area contributed by atoms with Gasteiger partial charge in [0.1, 0.15) is 6.61 Å². The molecule has 0 radical (unpaired) electrons. The fourth-order valence-corrected chi connectivity index (χ4v) is 2.60. The lowest BCUT2D eigenvalue weighted by Gasteiger charge is -2.17. The van der Waals surface area contributed by atoms with Gasteiger partial charge in [0.25, 0.3) is 0 Å². The Labute approximate surface area is 127 Å². The highest BCUT2D eigenvalue weighted by atomic mass is 16.5. The van der Waals surface area contributed by atoms with Crippen molar-refractivity contribution in [1.82, 2.24) is 4.57 Å². The molecule has 2 aromatic rings. The molecular weight excluding hydrogens is 282 g/mol. The Morgan fingerprint density at radius 2 is 2.00 bits per heavy atom. The Hall–Kier alpha value is -2.56. The van der Waals surface area contributed by atoms with E-state index in [-0.39, 0.29) is 29.5 Å². The predicted octanol–water partition coefficient (Wildman–Crippen LogP) is 2.77. The maximum atomic E-state index is 12.2. The summed E-state index contributed by atoms with van der Waals surface area (Å²) in [5.41, 5.74) is 1.12. The molecule has 3 rings (SSSR count). The van der Waals surface area contributed by atoms with Gasteiger partial charge in [-0.2, -0.15) is 0 Å². The highest BCUT2D eigenvalue weighted by Crippen LogP contribution is 2.38. The second-order valence-electron chi connectivity index (χ2n) is 5.51. The number of ether oxygens (including phenoxy) is 1. The van der Waals surface area contributed by atoms with E-state index in [1.165, 1.54) is 6.07 Å². The molecule has 0 saturated heterocycles. The topological polar surface area (TPSA) is 68.5 Å². The largest absolute Gasteiger partial charge is 0.482 e. The van der Waals surface area contributed by atoms with Crippen LogP contribution in [0.2, 0.25) is 0 Å². The van der Waals surface area contributed by atoms with Crippen LogP contribution in [0.4, 0.5) is 0 Å². The summed E-state index contributed by atoms with van der Waals surface area (Å²) in [5.74, 6) is -1.20. The number of aromatic carboxylic acids is 1. The average molecular weight is 299 g/mol. The van der Waals surface area contributed by atoms with Crippen LogP contribution < -0.4 is 10.2 Å². The van der Waals surface area contributed by atoms with Crippen molar-refractivity contribution in [1.29, 1.82) is 0 Å². The molecule has 0 bridgehead atoms. The summed E-state index contributed by atoms with van der Waals surface area (Å²) in [5, 5.41) is 9.53. The van der Waals surface area contributed by atoms with Gasteiger partial charge < -0.3 is 14.4 Å². The number of carboxylic acid groups (broad SMARTS) is 1. The van der Waals surface area contributed by atoms with Gasteiger partial charge in [0, 0.05) is 17.8 Å². The van der Waals surface area contributed by atoms with Crippen LogP contribution in [0.1, 0.15) is 40.6 Å². The van der Waals surface area contributed by atoms with Crippen LogP contribution in [-0.4, -0.2) is 15.6 Å². The SMILES string of the molecule is Cc1cc(=O)c(OCc2ccccc2)c(C(=O)O)n1C1CC1. The van der Waals surface area contributed by atoms with Crippen molar-refractivity contribution in [3.05, 3.63) is 63.6 Å². The fraction of sp³-hybridized carbons (Fsp3) is 0.294. The third-order valence-electron chi connectivity index (χ3n) is 3.74. The van der Waals surface area contributed by atoms with Gasteiger partial charge in [-0.25, -0.2) is 4.79 Å². The summed E-state index contributed by atoms with van der Waals surface area (Å²) < 4.78 is 7.29. The molecule has 1 aliphatic rings. The highest BCUT2D eigenvalue weighted by molar-refractivity contribution is 5.89. The lowest BCUT2D eigenvalue weighted by Crippen LogP contribution is -2.22. The summed E-state index contributed by atoms with van der Waals surface area (Å²) in [6, 6.07) is 11.0. The zero-order valence-corrected chi connectivity index (χ0v) is 12.3. The van der Waals surface area contributed by atoms with Gasteiger partial charge in [-0.3, -0.25) is 4.79 Å². The first kappa shape index (κ1) is 14.4. The monoisotopic (exact) mass is 299 g/mol. The third kappa shape index (κ3) is 2.74. The van der Waals surface area contributed by atoms with E-state index in [1.807, 2.05) is 30.3 Å². The molecule has 0 unspecified atom stereocenters. The molecule has 5 nitrogen and oxygen atoms in total. The standard InChI is InChI=1S/C17H17NO4/c1-11-9-14(19)16(22-10-12-5-3-2-4-6-12)15(17(20)21)18(11)13-7-8-13/h2-6,9,13H,7-8,10H2,1H3,(H,20,21). The molecule has 1 fully saturated rings. The smallest absolute Gasteiger partial charge is 0.356 e. The van der Waals surface area contributed by atoms with Crippen LogP contribution in [0, 0.1) is 6.92 Å². The first-order valence-electron chi connectivity index (χ1n) is 7.24. The Bertz CT molecular complexity index is 760. The quantitative estimate of drug-likeness (QED) is 0.921. The van der Waals surface area contributed by atoms with Gasteiger partial charge in [-0.05, 0) is 25.3 Å². The van der Waals surface area contributed by atoms with Gasteiger partial charge in [0.2, 0.25) is 5.43 Å². The Morgan fingerprint density at radius 1 is 1.32 bits per heavy atom. The normalized spacial score (nSPS) is 13.9. The molecule has 1 aromatic heterocycles. The van der Waals surface area contributed by atoms with Crippen molar-refractivity contribution >= 4 is 5.97 Å². The number of rotatable bonds is 5. The van der Waals surface area contributed by atoms with Crippen LogP contribution in [0.5, 0.6) is 5.75 Å². The minimum Gasteiger partial charge on any atom is -0.482 e. The Morgan fingerprint density at radius 3 is 2.59 bits per heavy atom. The van der Waals surface area contributed by atoms with Gasteiger partial charge in [0.15, 0.2) is 11.4 Å². The van der Waals surface area contributed by atoms with E-state index in [0.717, 1.165) is 18.4 Å². The van der Waals surface area contributed by atoms with E-state index in [2.05, 4.69) is 0 Å². The van der Waals surface area contributed by atoms with Gasteiger partial charge in [-0.1, -0.05) is 30.3 Å². The molecule has 1 saturated carbocycles. The lowest BCUT2D eigenvalue weighted by molar-refractivity contribution is 0.0676. The molecule has 5 heteroatoms. The number of aryl methyl sites for hydroxylation is 1. The highest BCUT2D eigenvalue weighted by Gasteiger charge is 2.31. The molecule has 0 atom stereocenters. The first-order chi connectivity index (χ1) is 10.6. The van der Waals surface area contributed by atoms with E-state index in [9.17, 15) is 14.7 Å². The van der Waals surface area contributed by atoms with Crippen LogP contribution in [0.3, 0.4) is 0 Å². The summed E-state index contributed by atoms with van der Waals surface area (Å²) in [6.45, 7) is 1.93. The number of carbonyl (C=O) groups is 1. The van der Waals surface area contributed by atoms with Crippen molar-refractivity contribution in [3.63, 3.8) is 0 Å². The molecule has 0 aliphatic heterocycles. The summed E-state index contributed by atoms with van der Waals surface area (Å²) >= 11 is 0. The van der Waals surface area contributed by atoms with E-state index < -0.39 is 5.97 Å². The predicted molar refractivity (Wildman–Crippen MR) is 81.4 cm³/mol. The van der Waals surface area contributed by atoms with Gasteiger partial charge in [0.05, 0.1) is 0 Å². The van der Waals surface area contributed by atoms with E-state index in [0.29, 0.717) is 5.69 Å². The Balaban J connectivity index is 2.00. The molecule has 0 spiro atoms. The minimum atomic E-state index is -1.13. The average Bonchev–Trinajstić information content (AvgIpc) is 3.31. The maximum absolute atomic E-state index is 12.2. The second-order valence-corrected chi connectivity index (χ2v) is 5.51. The molecule has 114 valence electrons. The lowest BCUT2D eigenvalue weighted by atomic mass is 10.2. The second kappa shape index (κ2) is 5.67. The third-order valence-corrected chi connectivity index (χ3v) is 3.74. The van der Waals surface area contributed by atoms with Crippen molar-refractivity contribution in [2.24, 2.45) is 0 Å². The van der Waals surface area contributed by atoms with Crippen LogP contribution >= 0.6 is 0 Å². The maximum Gasteiger partial charge on any atom is 0.356 e. The number of benzene rings is 1.